The number of hydrogen-bond donors (Lipinski definition) is 2. The van der Waals surface area contributed by atoms with Gasteiger partial charge in [0.15, 0.2) is 0 Å². The van der Waals surface area contributed by atoms with Crippen LogP contribution in [0.4, 0.5) is 4.39 Å². The standard InChI is InChI=1S/C14H14FNOS2/c1-2-11(13-4-3-7-19-13)16-14(17)9-5-6-10(15)12(18)8-9/h3-8,11,18H,2H2,1H3,(H,16,17). The predicted molar refractivity (Wildman–Crippen MR) is 78.5 cm³/mol. The number of amides is 1. The van der Waals surface area contributed by atoms with E-state index >= 15 is 0 Å². The van der Waals surface area contributed by atoms with Crippen molar-refractivity contribution in [3.05, 3.63) is 52.0 Å². The van der Waals surface area contributed by atoms with Gasteiger partial charge in [0.05, 0.1) is 6.04 Å². The normalized spacial score (nSPS) is 12.2. The minimum Gasteiger partial charge on any atom is -0.344 e. The maximum atomic E-state index is 13.1. The first kappa shape index (κ1) is 14.1. The molecule has 0 saturated carbocycles. The van der Waals surface area contributed by atoms with Gasteiger partial charge < -0.3 is 5.32 Å². The number of carbonyl (C=O) groups is 1. The molecular formula is C14H14FNOS2. The lowest BCUT2D eigenvalue weighted by atomic mass is 10.1. The Hall–Kier alpha value is -1.33. The van der Waals surface area contributed by atoms with Crippen molar-refractivity contribution in [2.45, 2.75) is 24.3 Å². The number of carbonyl (C=O) groups excluding carboxylic acids is 1. The molecule has 19 heavy (non-hydrogen) atoms. The SMILES string of the molecule is CCC(NC(=O)c1ccc(F)c(S)c1)c1cccs1. The van der Waals surface area contributed by atoms with Gasteiger partial charge in [-0.05, 0) is 36.1 Å². The molecule has 2 aromatic rings. The van der Waals surface area contributed by atoms with E-state index in [-0.39, 0.29) is 16.8 Å². The first-order chi connectivity index (χ1) is 9.11. The molecule has 1 N–H and O–H groups in total. The van der Waals surface area contributed by atoms with E-state index in [4.69, 9.17) is 0 Å². The monoisotopic (exact) mass is 295 g/mol. The van der Waals surface area contributed by atoms with Gasteiger partial charge in [-0.3, -0.25) is 4.79 Å². The summed E-state index contributed by atoms with van der Waals surface area (Å²) in [5, 5.41) is 4.93. The summed E-state index contributed by atoms with van der Waals surface area (Å²) >= 11 is 5.59. The van der Waals surface area contributed by atoms with Crippen molar-refractivity contribution >= 4 is 29.9 Å². The fourth-order valence-corrected chi connectivity index (χ4v) is 2.83. The molecule has 1 aromatic heterocycles. The predicted octanol–water partition coefficient (Wildman–Crippen LogP) is 4.06. The zero-order valence-corrected chi connectivity index (χ0v) is 12.1. The van der Waals surface area contributed by atoms with Crippen molar-refractivity contribution < 1.29 is 9.18 Å². The van der Waals surface area contributed by atoms with Crippen LogP contribution in [-0.4, -0.2) is 5.91 Å². The number of halogens is 1. The van der Waals surface area contributed by atoms with Crippen molar-refractivity contribution in [1.29, 1.82) is 0 Å². The van der Waals surface area contributed by atoms with E-state index in [9.17, 15) is 9.18 Å². The van der Waals surface area contributed by atoms with Gasteiger partial charge in [-0.25, -0.2) is 4.39 Å². The van der Waals surface area contributed by atoms with Gasteiger partial charge in [0, 0.05) is 15.3 Å². The fourth-order valence-electron chi connectivity index (χ4n) is 1.76. The van der Waals surface area contributed by atoms with Crippen molar-refractivity contribution in [3.63, 3.8) is 0 Å². The van der Waals surface area contributed by atoms with E-state index in [1.54, 1.807) is 11.3 Å². The molecule has 5 heteroatoms. The Morgan fingerprint density at radius 1 is 1.47 bits per heavy atom. The molecule has 2 nitrogen and oxygen atoms in total. The molecule has 100 valence electrons. The Morgan fingerprint density at radius 2 is 2.26 bits per heavy atom. The van der Waals surface area contributed by atoms with Gasteiger partial charge in [-0.2, -0.15) is 0 Å². The molecule has 1 amide bonds. The molecule has 1 heterocycles. The van der Waals surface area contributed by atoms with Gasteiger partial charge in [0.1, 0.15) is 5.82 Å². The van der Waals surface area contributed by atoms with Crippen LogP contribution in [0.1, 0.15) is 34.6 Å². The first-order valence-corrected chi connectivity index (χ1v) is 7.27. The number of rotatable bonds is 4. The summed E-state index contributed by atoms with van der Waals surface area (Å²) in [5.41, 5.74) is 0.418. The molecule has 0 bridgehead atoms. The maximum absolute atomic E-state index is 13.1. The van der Waals surface area contributed by atoms with E-state index in [2.05, 4.69) is 17.9 Å². The second-order valence-electron chi connectivity index (χ2n) is 4.12. The van der Waals surface area contributed by atoms with Crippen molar-refractivity contribution in [2.24, 2.45) is 0 Å². The highest BCUT2D eigenvalue weighted by molar-refractivity contribution is 7.80. The zero-order chi connectivity index (χ0) is 13.8. The lowest BCUT2D eigenvalue weighted by molar-refractivity contribution is 0.0936. The summed E-state index contributed by atoms with van der Waals surface area (Å²) in [6.07, 6.45) is 0.807. The van der Waals surface area contributed by atoms with Crippen LogP contribution < -0.4 is 5.32 Å². The highest BCUT2D eigenvalue weighted by atomic mass is 32.1. The van der Waals surface area contributed by atoms with Crippen LogP contribution in [0.25, 0.3) is 0 Å². The van der Waals surface area contributed by atoms with Gasteiger partial charge in [0.2, 0.25) is 0 Å². The van der Waals surface area contributed by atoms with Gasteiger partial charge >= 0.3 is 0 Å². The van der Waals surface area contributed by atoms with Crippen molar-refractivity contribution in [1.82, 2.24) is 5.32 Å². The van der Waals surface area contributed by atoms with Crippen molar-refractivity contribution in [2.75, 3.05) is 0 Å². The molecular weight excluding hydrogens is 281 g/mol. The van der Waals surface area contributed by atoms with E-state index < -0.39 is 5.82 Å². The van der Waals surface area contributed by atoms with Crippen LogP contribution in [0.2, 0.25) is 0 Å². The van der Waals surface area contributed by atoms with Crippen LogP contribution in [0.3, 0.4) is 0 Å². The second-order valence-corrected chi connectivity index (χ2v) is 5.58. The number of hydrogen-bond acceptors (Lipinski definition) is 3. The summed E-state index contributed by atoms with van der Waals surface area (Å²) in [4.78, 5) is 13.4. The summed E-state index contributed by atoms with van der Waals surface area (Å²) in [7, 11) is 0. The number of thiophene rings is 1. The molecule has 0 fully saturated rings. The average molecular weight is 295 g/mol. The molecule has 0 aliphatic rings. The summed E-state index contributed by atoms with van der Waals surface area (Å²) in [6.45, 7) is 2.01. The van der Waals surface area contributed by atoms with Gasteiger partial charge in [-0.1, -0.05) is 13.0 Å². The molecule has 0 spiro atoms. The van der Waals surface area contributed by atoms with Crippen LogP contribution in [-0.2, 0) is 0 Å². The third kappa shape index (κ3) is 3.36. The molecule has 0 aliphatic carbocycles. The Morgan fingerprint density at radius 3 is 2.84 bits per heavy atom. The van der Waals surface area contributed by atoms with Gasteiger partial charge in [-0.15, -0.1) is 24.0 Å². The molecule has 0 saturated heterocycles. The maximum Gasteiger partial charge on any atom is 0.251 e. The molecule has 1 atom stereocenters. The largest absolute Gasteiger partial charge is 0.344 e. The summed E-state index contributed by atoms with van der Waals surface area (Å²) < 4.78 is 13.1. The highest BCUT2D eigenvalue weighted by Gasteiger charge is 2.15. The third-order valence-electron chi connectivity index (χ3n) is 2.81. The van der Waals surface area contributed by atoms with Crippen LogP contribution in [0.5, 0.6) is 0 Å². The summed E-state index contributed by atoms with van der Waals surface area (Å²) in [5.74, 6) is -0.638. The minimum absolute atomic E-state index is 0.0130. The number of thiol groups is 1. The van der Waals surface area contributed by atoms with Crippen LogP contribution in [0, 0.1) is 5.82 Å². The molecule has 1 aromatic carbocycles. The minimum atomic E-state index is -0.426. The van der Waals surface area contributed by atoms with E-state index in [0.717, 1.165) is 11.3 Å². The molecule has 0 aliphatic heterocycles. The topological polar surface area (TPSA) is 29.1 Å². The van der Waals surface area contributed by atoms with E-state index in [1.807, 2.05) is 24.4 Å². The third-order valence-corrected chi connectivity index (χ3v) is 4.14. The average Bonchev–Trinajstić information content (AvgIpc) is 2.92. The first-order valence-electron chi connectivity index (χ1n) is 5.94. The smallest absolute Gasteiger partial charge is 0.251 e. The van der Waals surface area contributed by atoms with Crippen LogP contribution >= 0.6 is 24.0 Å². The quantitative estimate of drug-likeness (QED) is 0.818. The Kier molecular flexibility index (Phi) is 4.61. The zero-order valence-electron chi connectivity index (χ0n) is 10.4. The number of benzene rings is 1. The van der Waals surface area contributed by atoms with E-state index in [1.165, 1.54) is 18.2 Å². The Labute approximate surface area is 121 Å². The van der Waals surface area contributed by atoms with Crippen LogP contribution in [0.15, 0.2) is 40.6 Å². The Bertz CT molecular complexity index is 569. The van der Waals surface area contributed by atoms with E-state index in [0.29, 0.717) is 5.56 Å². The highest BCUT2D eigenvalue weighted by Crippen LogP contribution is 2.22. The summed E-state index contributed by atoms with van der Waals surface area (Å²) in [6, 6.07) is 8.09. The van der Waals surface area contributed by atoms with Gasteiger partial charge in [0.25, 0.3) is 5.91 Å². The number of nitrogens with one attached hydrogen (secondary N) is 1. The van der Waals surface area contributed by atoms with Crippen molar-refractivity contribution in [3.8, 4) is 0 Å². The molecule has 1 unspecified atom stereocenters. The lowest BCUT2D eigenvalue weighted by Gasteiger charge is -2.15. The lowest BCUT2D eigenvalue weighted by Crippen LogP contribution is -2.27. The molecule has 2 rings (SSSR count). The second kappa shape index (κ2) is 6.21. The molecule has 0 radical (unpaired) electrons. The Balaban J connectivity index is 2.13. The fraction of sp³-hybridized carbons (Fsp3) is 0.214.